The van der Waals surface area contributed by atoms with Crippen molar-refractivity contribution in [2.24, 2.45) is 0 Å². The maximum Gasteiger partial charge on any atom is 0.125 e. The lowest BCUT2D eigenvalue weighted by Crippen LogP contribution is -2.23. The van der Waals surface area contributed by atoms with Gasteiger partial charge in [-0.3, -0.25) is 0 Å². The van der Waals surface area contributed by atoms with Crippen molar-refractivity contribution in [1.82, 2.24) is 5.32 Å². The zero-order valence-electron chi connectivity index (χ0n) is 9.93. The Labute approximate surface area is 111 Å². The van der Waals surface area contributed by atoms with Crippen LogP contribution in [0.3, 0.4) is 0 Å². The number of fused-ring (bicyclic) bond motifs is 1. The van der Waals surface area contributed by atoms with Crippen molar-refractivity contribution in [2.45, 2.75) is 31.6 Å². The van der Waals surface area contributed by atoms with E-state index in [2.05, 4.69) is 12.2 Å². The quantitative estimate of drug-likeness (QED) is 0.888. The van der Waals surface area contributed by atoms with Crippen molar-refractivity contribution < 1.29 is 4.39 Å². The van der Waals surface area contributed by atoms with Crippen molar-refractivity contribution >= 4 is 23.4 Å². The summed E-state index contributed by atoms with van der Waals surface area (Å²) in [5.41, 5.74) is 2.15. The molecule has 4 heteroatoms. The van der Waals surface area contributed by atoms with Crippen LogP contribution < -0.4 is 5.32 Å². The molecule has 0 bridgehead atoms. The molecule has 94 valence electrons. The van der Waals surface area contributed by atoms with Gasteiger partial charge in [0, 0.05) is 16.8 Å². The number of halogens is 2. The minimum atomic E-state index is -0.232. The minimum Gasteiger partial charge on any atom is -0.310 e. The van der Waals surface area contributed by atoms with E-state index in [-0.39, 0.29) is 11.9 Å². The van der Waals surface area contributed by atoms with Crippen molar-refractivity contribution in [1.29, 1.82) is 0 Å². The predicted octanol–water partition coefficient (Wildman–Crippen LogP) is 4.16. The van der Waals surface area contributed by atoms with E-state index < -0.39 is 0 Å². The summed E-state index contributed by atoms with van der Waals surface area (Å²) in [6, 6.07) is 3.30. The minimum absolute atomic E-state index is 0.232. The lowest BCUT2D eigenvalue weighted by atomic mass is 9.99. The Morgan fingerprint density at radius 2 is 2.35 bits per heavy atom. The van der Waals surface area contributed by atoms with Crippen LogP contribution in [-0.4, -0.2) is 12.3 Å². The SMILES string of the molecule is CCCNC1CCSCc2c(Cl)cc(F)cc21. The molecule has 1 N–H and O–H groups in total. The molecule has 1 nitrogen and oxygen atoms in total. The van der Waals surface area contributed by atoms with E-state index in [0.717, 1.165) is 42.0 Å². The molecule has 0 aliphatic carbocycles. The van der Waals surface area contributed by atoms with Crippen LogP contribution >= 0.6 is 23.4 Å². The molecule has 0 amide bonds. The van der Waals surface area contributed by atoms with Gasteiger partial charge in [0.1, 0.15) is 5.82 Å². The van der Waals surface area contributed by atoms with Crippen LogP contribution in [0.1, 0.15) is 36.9 Å². The molecule has 0 saturated carbocycles. The third-order valence-electron chi connectivity index (χ3n) is 3.01. The number of rotatable bonds is 3. The molecule has 0 aromatic heterocycles. The summed E-state index contributed by atoms with van der Waals surface area (Å²) in [5, 5.41) is 4.05. The van der Waals surface area contributed by atoms with Gasteiger partial charge in [0.05, 0.1) is 0 Å². The Morgan fingerprint density at radius 3 is 3.12 bits per heavy atom. The van der Waals surface area contributed by atoms with E-state index in [4.69, 9.17) is 11.6 Å². The highest BCUT2D eigenvalue weighted by Gasteiger charge is 2.21. The first-order valence-electron chi connectivity index (χ1n) is 6.01. The molecule has 2 rings (SSSR count). The molecule has 1 aromatic rings. The van der Waals surface area contributed by atoms with Gasteiger partial charge in [-0.1, -0.05) is 18.5 Å². The highest BCUT2D eigenvalue weighted by Crippen LogP contribution is 2.35. The normalized spacial score (nSPS) is 19.8. The van der Waals surface area contributed by atoms with Crippen molar-refractivity contribution in [2.75, 3.05) is 12.3 Å². The first-order valence-corrected chi connectivity index (χ1v) is 7.54. The predicted molar refractivity (Wildman–Crippen MR) is 73.2 cm³/mol. The maximum absolute atomic E-state index is 13.5. The average molecular weight is 274 g/mol. The molecule has 0 fully saturated rings. The summed E-state index contributed by atoms with van der Waals surface area (Å²) in [5.74, 6) is 1.75. The summed E-state index contributed by atoms with van der Waals surface area (Å²) >= 11 is 8.01. The average Bonchev–Trinajstić information content (AvgIpc) is 2.49. The lowest BCUT2D eigenvalue weighted by molar-refractivity contribution is 0.516. The fraction of sp³-hybridized carbons (Fsp3) is 0.538. The molecule has 0 spiro atoms. The van der Waals surface area contributed by atoms with E-state index >= 15 is 0 Å². The summed E-state index contributed by atoms with van der Waals surface area (Å²) in [4.78, 5) is 0. The molecule has 1 heterocycles. The van der Waals surface area contributed by atoms with Crippen LogP contribution in [0.15, 0.2) is 12.1 Å². The van der Waals surface area contributed by atoms with Gasteiger partial charge in [0.25, 0.3) is 0 Å². The van der Waals surface area contributed by atoms with Crippen molar-refractivity contribution in [3.63, 3.8) is 0 Å². The standard InChI is InChI=1S/C13H17ClFNS/c1-2-4-16-13-3-5-17-8-11-10(13)6-9(15)7-12(11)14/h6-7,13,16H,2-5,8H2,1H3. The molecule has 1 atom stereocenters. The van der Waals surface area contributed by atoms with Crippen LogP contribution in [0.2, 0.25) is 5.02 Å². The van der Waals surface area contributed by atoms with Crippen LogP contribution in [0.4, 0.5) is 4.39 Å². The summed E-state index contributed by atoms with van der Waals surface area (Å²) < 4.78 is 13.5. The molecule has 0 saturated heterocycles. The molecule has 1 aromatic carbocycles. The summed E-state index contributed by atoms with van der Waals surface area (Å²) in [7, 11) is 0. The summed E-state index contributed by atoms with van der Waals surface area (Å²) in [6.07, 6.45) is 2.12. The Kier molecular flexibility index (Phi) is 4.71. The molecule has 17 heavy (non-hydrogen) atoms. The summed E-state index contributed by atoms with van der Waals surface area (Å²) in [6.45, 7) is 3.10. The number of benzene rings is 1. The van der Waals surface area contributed by atoms with Gasteiger partial charge in [0.15, 0.2) is 0 Å². The number of hydrogen-bond donors (Lipinski definition) is 1. The van der Waals surface area contributed by atoms with Crippen LogP contribution in [0.25, 0.3) is 0 Å². The molecular formula is C13H17ClFNS. The Bertz CT molecular complexity index is 397. The van der Waals surface area contributed by atoms with Gasteiger partial charge in [-0.15, -0.1) is 0 Å². The second kappa shape index (κ2) is 6.07. The highest BCUT2D eigenvalue weighted by molar-refractivity contribution is 7.98. The Hall–Kier alpha value is -0.250. The van der Waals surface area contributed by atoms with Gasteiger partial charge >= 0.3 is 0 Å². The fourth-order valence-electron chi connectivity index (χ4n) is 2.15. The van der Waals surface area contributed by atoms with Gasteiger partial charge < -0.3 is 5.32 Å². The third-order valence-corrected chi connectivity index (χ3v) is 4.36. The molecule has 0 radical (unpaired) electrons. The van der Waals surface area contributed by atoms with Crippen LogP contribution in [0, 0.1) is 5.82 Å². The zero-order valence-corrected chi connectivity index (χ0v) is 11.5. The second-order valence-corrected chi connectivity index (χ2v) is 5.82. The van der Waals surface area contributed by atoms with E-state index in [1.54, 1.807) is 6.07 Å². The largest absolute Gasteiger partial charge is 0.310 e. The van der Waals surface area contributed by atoms with Gasteiger partial charge in [-0.2, -0.15) is 11.8 Å². The van der Waals surface area contributed by atoms with E-state index in [9.17, 15) is 4.39 Å². The highest BCUT2D eigenvalue weighted by atomic mass is 35.5. The van der Waals surface area contributed by atoms with Gasteiger partial charge in [-0.25, -0.2) is 4.39 Å². The van der Waals surface area contributed by atoms with E-state index in [0.29, 0.717) is 5.02 Å². The molecular weight excluding hydrogens is 257 g/mol. The third kappa shape index (κ3) is 3.15. The molecule has 1 unspecified atom stereocenters. The first-order chi connectivity index (χ1) is 8.22. The number of thioether (sulfide) groups is 1. The first kappa shape index (κ1) is 13.2. The molecule has 1 aliphatic heterocycles. The molecule has 1 aliphatic rings. The van der Waals surface area contributed by atoms with Gasteiger partial charge in [-0.05, 0) is 48.4 Å². The fourth-order valence-corrected chi connectivity index (χ4v) is 3.58. The van der Waals surface area contributed by atoms with Crippen LogP contribution in [0.5, 0.6) is 0 Å². The zero-order chi connectivity index (χ0) is 12.3. The van der Waals surface area contributed by atoms with Crippen LogP contribution in [-0.2, 0) is 5.75 Å². The number of nitrogens with one attached hydrogen (secondary N) is 1. The number of hydrogen-bond acceptors (Lipinski definition) is 2. The van der Waals surface area contributed by atoms with Crippen molar-refractivity contribution in [3.8, 4) is 0 Å². The van der Waals surface area contributed by atoms with Gasteiger partial charge in [0.2, 0.25) is 0 Å². The smallest absolute Gasteiger partial charge is 0.125 e. The maximum atomic E-state index is 13.5. The monoisotopic (exact) mass is 273 g/mol. The van der Waals surface area contributed by atoms with Crippen molar-refractivity contribution in [3.05, 3.63) is 34.1 Å². The Morgan fingerprint density at radius 1 is 1.53 bits per heavy atom. The van der Waals surface area contributed by atoms with E-state index in [1.165, 1.54) is 6.07 Å². The lowest BCUT2D eigenvalue weighted by Gasteiger charge is -2.19. The topological polar surface area (TPSA) is 12.0 Å². The van der Waals surface area contributed by atoms with E-state index in [1.807, 2.05) is 11.8 Å². The second-order valence-electron chi connectivity index (χ2n) is 4.30. The Balaban J connectivity index is 2.33.